The van der Waals surface area contributed by atoms with Crippen molar-refractivity contribution in [2.75, 3.05) is 7.11 Å². The van der Waals surface area contributed by atoms with Gasteiger partial charge in [0.25, 0.3) is 11.8 Å². The Kier molecular flexibility index (Phi) is 3.23. The summed E-state index contributed by atoms with van der Waals surface area (Å²) < 4.78 is 5.20. The second-order valence-electron chi connectivity index (χ2n) is 4.45. The molecule has 0 atom stereocenters. The summed E-state index contributed by atoms with van der Waals surface area (Å²) in [5, 5.41) is 4.88. The first-order valence-corrected chi connectivity index (χ1v) is 6.37. The number of para-hydroxylation sites is 1. The Hall–Kier alpha value is -2.95. The van der Waals surface area contributed by atoms with E-state index in [0.717, 1.165) is 5.01 Å². The second-order valence-corrected chi connectivity index (χ2v) is 4.45. The minimum atomic E-state index is -0.415. The van der Waals surface area contributed by atoms with Crippen molar-refractivity contribution in [2.24, 2.45) is 5.10 Å². The number of benzene rings is 2. The molecule has 1 aliphatic heterocycles. The van der Waals surface area contributed by atoms with E-state index >= 15 is 0 Å². The van der Waals surface area contributed by atoms with E-state index in [0.29, 0.717) is 22.4 Å². The van der Waals surface area contributed by atoms with Crippen LogP contribution in [0.3, 0.4) is 0 Å². The molecule has 0 radical (unpaired) electrons. The molecule has 0 saturated carbocycles. The molecule has 0 saturated heterocycles. The summed E-state index contributed by atoms with van der Waals surface area (Å²) in [7, 11) is 1.55. The van der Waals surface area contributed by atoms with E-state index < -0.39 is 11.8 Å². The van der Waals surface area contributed by atoms with Gasteiger partial charge in [-0.05, 0) is 24.3 Å². The zero-order valence-electron chi connectivity index (χ0n) is 11.3. The topological polar surface area (TPSA) is 59.0 Å². The Labute approximate surface area is 121 Å². The summed E-state index contributed by atoms with van der Waals surface area (Å²) in [6.45, 7) is 0. The molecule has 0 aliphatic carbocycles. The van der Waals surface area contributed by atoms with Gasteiger partial charge in [0, 0.05) is 5.56 Å². The number of rotatable bonds is 3. The Morgan fingerprint density at radius 1 is 0.952 bits per heavy atom. The van der Waals surface area contributed by atoms with Crippen LogP contribution in [0, 0.1) is 0 Å². The van der Waals surface area contributed by atoms with Gasteiger partial charge in [0.15, 0.2) is 0 Å². The molecule has 1 aliphatic rings. The molecule has 0 spiro atoms. The van der Waals surface area contributed by atoms with Crippen molar-refractivity contribution in [3.63, 3.8) is 0 Å². The van der Waals surface area contributed by atoms with Crippen LogP contribution in [0.2, 0.25) is 0 Å². The first kappa shape index (κ1) is 13.1. The molecule has 1 heterocycles. The molecule has 3 rings (SSSR count). The molecule has 0 aromatic heterocycles. The van der Waals surface area contributed by atoms with E-state index in [2.05, 4.69) is 5.10 Å². The Balaban J connectivity index is 1.92. The smallest absolute Gasteiger partial charge is 0.282 e. The van der Waals surface area contributed by atoms with Crippen LogP contribution in [-0.4, -0.2) is 30.1 Å². The van der Waals surface area contributed by atoms with Gasteiger partial charge in [0.2, 0.25) is 0 Å². The largest absolute Gasteiger partial charge is 0.496 e. The number of carbonyl (C=O) groups is 2. The highest BCUT2D eigenvalue weighted by Crippen LogP contribution is 2.23. The van der Waals surface area contributed by atoms with E-state index in [9.17, 15) is 9.59 Å². The summed E-state index contributed by atoms with van der Waals surface area (Å²) in [6.07, 6.45) is 1.44. The number of hydrogen-bond acceptors (Lipinski definition) is 4. The van der Waals surface area contributed by atoms with Crippen LogP contribution < -0.4 is 4.74 Å². The van der Waals surface area contributed by atoms with Gasteiger partial charge in [0.1, 0.15) is 5.75 Å². The number of fused-ring (bicyclic) bond motifs is 1. The predicted molar refractivity (Wildman–Crippen MR) is 77.5 cm³/mol. The lowest BCUT2D eigenvalue weighted by Gasteiger charge is -2.07. The molecule has 0 fully saturated rings. The lowest BCUT2D eigenvalue weighted by molar-refractivity contribution is 0.0660. The molecule has 5 heteroatoms. The average molecular weight is 280 g/mol. The minimum absolute atomic E-state index is 0.375. The molecule has 21 heavy (non-hydrogen) atoms. The van der Waals surface area contributed by atoms with Crippen molar-refractivity contribution < 1.29 is 14.3 Å². The van der Waals surface area contributed by atoms with E-state index in [-0.39, 0.29) is 0 Å². The number of carbonyl (C=O) groups excluding carboxylic acids is 2. The van der Waals surface area contributed by atoms with E-state index in [4.69, 9.17) is 4.74 Å². The van der Waals surface area contributed by atoms with Crippen LogP contribution in [0.25, 0.3) is 0 Å². The van der Waals surface area contributed by atoms with E-state index in [1.54, 1.807) is 43.5 Å². The fourth-order valence-electron chi connectivity index (χ4n) is 2.17. The third-order valence-electron chi connectivity index (χ3n) is 3.22. The maximum atomic E-state index is 12.1. The SMILES string of the molecule is COc1ccccc1C=NN1C(=O)c2ccccc2C1=O. The number of methoxy groups -OCH3 is 1. The molecule has 2 aromatic carbocycles. The Morgan fingerprint density at radius 2 is 1.52 bits per heavy atom. The van der Waals surface area contributed by atoms with Gasteiger partial charge in [-0.1, -0.05) is 24.3 Å². The quantitative estimate of drug-likeness (QED) is 0.640. The molecule has 0 bridgehead atoms. The van der Waals surface area contributed by atoms with Gasteiger partial charge >= 0.3 is 0 Å². The second kappa shape index (κ2) is 5.20. The third-order valence-corrected chi connectivity index (χ3v) is 3.22. The molecular formula is C16H12N2O3. The van der Waals surface area contributed by atoms with E-state index in [1.807, 2.05) is 12.1 Å². The normalized spacial score (nSPS) is 13.9. The third kappa shape index (κ3) is 2.18. The molecule has 104 valence electrons. The Morgan fingerprint density at radius 3 is 2.14 bits per heavy atom. The van der Waals surface area contributed by atoms with Gasteiger partial charge in [-0.3, -0.25) is 9.59 Å². The highest BCUT2D eigenvalue weighted by molar-refractivity contribution is 6.21. The maximum Gasteiger partial charge on any atom is 0.282 e. The van der Waals surface area contributed by atoms with Gasteiger partial charge in [0.05, 0.1) is 24.5 Å². The van der Waals surface area contributed by atoms with Gasteiger partial charge in [-0.25, -0.2) is 0 Å². The molecule has 0 unspecified atom stereocenters. The van der Waals surface area contributed by atoms with Crippen molar-refractivity contribution in [3.05, 3.63) is 65.2 Å². The van der Waals surface area contributed by atoms with Crippen LogP contribution in [-0.2, 0) is 0 Å². The first-order valence-electron chi connectivity index (χ1n) is 6.37. The highest BCUT2D eigenvalue weighted by Gasteiger charge is 2.35. The molecule has 0 N–H and O–H groups in total. The van der Waals surface area contributed by atoms with Crippen molar-refractivity contribution >= 4 is 18.0 Å². The minimum Gasteiger partial charge on any atom is -0.496 e. The number of nitrogens with zero attached hydrogens (tertiary/aromatic N) is 2. The summed E-state index contributed by atoms with van der Waals surface area (Å²) in [6, 6.07) is 13.9. The monoisotopic (exact) mass is 280 g/mol. The number of amides is 2. The summed E-state index contributed by atoms with van der Waals surface area (Å²) >= 11 is 0. The highest BCUT2D eigenvalue weighted by atomic mass is 16.5. The predicted octanol–water partition coefficient (Wildman–Crippen LogP) is 2.33. The lowest BCUT2D eigenvalue weighted by Crippen LogP contribution is -2.24. The van der Waals surface area contributed by atoms with Crippen LogP contribution in [0.5, 0.6) is 5.75 Å². The van der Waals surface area contributed by atoms with Crippen molar-refractivity contribution in [1.82, 2.24) is 5.01 Å². The van der Waals surface area contributed by atoms with Crippen LogP contribution >= 0.6 is 0 Å². The molecular weight excluding hydrogens is 268 g/mol. The van der Waals surface area contributed by atoms with Crippen LogP contribution in [0.4, 0.5) is 0 Å². The molecule has 2 aromatic rings. The molecule has 2 amide bonds. The fourth-order valence-corrected chi connectivity index (χ4v) is 2.17. The van der Waals surface area contributed by atoms with Crippen molar-refractivity contribution in [3.8, 4) is 5.75 Å². The number of imide groups is 1. The van der Waals surface area contributed by atoms with Crippen LogP contribution in [0.1, 0.15) is 26.3 Å². The van der Waals surface area contributed by atoms with Crippen LogP contribution in [0.15, 0.2) is 53.6 Å². The summed E-state index contributed by atoms with van der Waals surface area (Å²) in [5.41, 5.74) is 1.44. The zero-order chi connectivity index (χ0) is 14.8. The van der Waals surface area contributed by atoms with Gasteiger partial charge < -0.3 is 4.74 Å². The molecule has 5 nitrogen and oxygen atoms in total. The fraction of sp³-hybridized carbons (Fsp3) is 0.0625. The number of hydrogen-bond donors (Lipinski definition) is 0. The van der Waals surface area contributed by atoms with Crippen molar-refractivity contribution in [1.29, 1.82) is 0 Å². The van der Waals surface area contributed by atoms with Gasteiger partial charge in [-0.2, -0.15) is 10.1 Å². The number of ether oxygens (including phenoxy) is 1. The lowest BCUT2D eigenvalue weighted by atomic mass is 10.1. The maximum absolute atomic E-state index is 12.1. The van der Waals surface area contributed by atoms with Crippen molar-refractivity contribution in [2.45, 2.75) is 0 Å². The number of hydrazone groups is 1. The van der Waals surface area contributed by atoms with Gasteiger partial charge in [-0.15, -0.1) is 0 Å². The summed E-state index contributed by atoms with van der Waals surface area (Å²) in [4.78, 5) is 24.3. The standard InChI is InChI=1S/C16H12N2O3/c1-21-14-9-5-2-6-11(14)10-17-18-15(19)12-7-3-4-8-13(12)16(18)20/h2-10H,1H3. The average Bonchev–Trinajstić information content (AvgIpc) is 2.78. The zero-order valence-corrected chi connectivity index (χ0v) is 11.3. The Bertz CT molecular complexity index is 718. The first-order chi connectivity index (χ1) is 10.2. The van der Waals surface area contributed by atoms with E-state index in [1.165, 1.54) is 6.21 Å². The summed E-state index contributed by atoms with van der Waals surface area (Å²) in [5.74, 6) is -0.207.